The average Bonchev–Trinajstić information content (AvgIpc) is 3.15. The Hall–Kier alpha value is -0.530. The van der Waals surface area contributed by atoms with Crippen molar-refractivity contribution in [2.45, 2.75) is 114 Å². The molecule has 3 fully saturated rings. The molecule has 0 amide bonds. The van der Waals surface area contributed by atoms with Crippen molar-refractivity contribution in [3.8, 4) is 0 Å². The fourth-order valence-corrected chi connectivity index (χ4v) is 5.92. The number of fused-ring (bicyclic) bond motifs is 5. The lowest BCUT2D eigenvalue weighted by Gasteiger charge is -2.42. The first-order valence-corrected chi connectivity index (χ1v) is 11.8. The second-order valence-corrected chi connectivity index (χ2v) is 13.3. The summed E-state index contributed by atoms with van der Waals surface area (Å²) in [5.41, 5.74) is 0.0416. The van der Waals surface area contributed by atoms with Crippen LogP contribution in [0.4, 0.5) is 0 Å². The van der Waals surface area contributed by atoms with Gasteiger partial charge < -0.3 is 4.74 Å². The molecule has 3 saturated carbocycles. The third-order valence-electron chi connectivity index (χ3n) is 7.55. The molecular weight excluding hydrogens is 344 g/mol. The zero-order valence-corrected chi connectivity index (χ0v) is 20.5. The maximum Gasteiger partial charge on any atom is 0.312 e. The van der Waals surface area contributed by atoms with E-state index in [1.165, 1.54) is 25.7 Å². The highest BCUT2D eigenvalue weighted by atomic mass is 16.5. The normalized spacial score (nSPS) is 33.9. The summed E-state index contributed by atoms with van der Waals surface area (Å²) in [5.74, 6) is 3.89. The van der Waals surface area contributed by atoms with Crippen LogP contribution in [0.25, 0.3) is 0 Å². The lowest BCUT2D eigenvalue weighted by atomic mass is 9.64. The quantitative estimate of drug-likeness (QED) is 0.463. The Morgan fingerprint density at radius 3 is 1.93 bits per heavy atom. The fourth-order valence-electron chi connectivity index (χ4n) is 5.92. The van der Waals surface area contributed by atoms with Gasteiger partial charge in [0.25, 0.3) is 0 Å². The van der Waals surface area contributed by atoms with Gasteiger partial charge in [0.1, 0.15) is 6.10 Å². The van der Waals surface area contributed by atoms with Crippen LogP contribution in [0.5, 0.6) is 0 Å². The van der Waals surface area contributed by atoms with Crippen molar-refractivity contribution < 1.29 is 9.53 Å². The van der Waals surface area contributed by atoms with Gasteiger partial charge in [-0.1, -0.05) is 68.7 Å². The molecule has 2 nitrogen and oxygen atoms in total. The van der Waals surface area contributed by atoms with Crippen LogP contribution in [0.15, 0.2) is 0 Å². The monoisotopic (exact) mass is 392 g/mol. The molecule has 3 aliphatic carbocycles. The number of rotatable bonds is 4. The van der Waals surface area contributed by atoms with Crippen LogP contribution < -0.4 is 0 Å². The van der Waals surface area contributed by atoms with E-state index < -0.39 is 5.41 Å². The van der Waals surface area contributed by atoms with Crippen molar-refractivity contribution in [1.82, 2.24) is 0 Å². The summed E-state index contributed by atoms with van der Waals surface area (Å²) in [6.45, 7) is 21.8. The summed E-state index contributed by atoms with van der Waals surface area (Å²) in [5, 5.41) is 0. The second-order valence-electron chi connectivity index (χ2n) is 13.3. The van der Waals surface area contributed by atoms with E-state index in [9.17, 15) is 4.79 Å². The van der Waals surface area contributed by atoms with Crippen LogP contribution in [0.1, 0.15) is 108 Å². The van der Waals surface area contributed by atoms with E-state index in [-0.39, 0.29) is 17.5 Å². The molecule has 0 heterocycles. The molecule has 3 aliphatic rings. The predicted molar refractivity (Wildman–Crippen MR) is 119 cm³/mol. The standard InChI is InChI=1S/C21H36O2.C5H12/c1-13(2)12-21(6,20(3,4)5)19(22)23-18-11-14-10-17(18)16-9-7-8-15(14)16;1-5(2,3)4/h13-18H,7-12H2,1-6H3;1-4H3. The van der Waals surface area contributed by atoms with Crippen LogP contribution in [-0.4, -0.2) is 12.1 Å². The van der Waals surface area contributed by atoms with E-state index in [0.29, 0.717) is 17.3 Å². The third-order valence-corrected chi connectivity index (χ3v) is 7.55. The maximum absolute atomic E-state index is 13.1. The SMILES string of the molecule is CC(C)(C)C.CC(C)CC(C)(C(=O)OC1CC2CC1C1CCCC21)C(C)(C)C. The van der Waals surface area contributed by atoms with Gasteiger partial charge in [-0.3, -0.25) is 4.79 Å². The van der Waals surface area contributed by atoms with Gasteiger partial charge in [0.15, 0.2) is 0 Å². The van der Waals surface area contributed by atoms with E-state index in [4.69, 9.17) is 4.74 Å². The summed E-state index contributed by atoms with van der Waals surface area (Å²) in [4.78, 5) is 13.1. The van der Waals surface area contributed by atoms with E-state index in [1.807, 2.05) is 0 Å². The molecule has 2 bridgehead atoms. The average molecular weight is 393 g/mol. The highest BCUT2D eigenvalue weighted by molar-refractivity contribution is 5.77. The molecule has 3 rings (SSSR count). The third kappa shape index (κ3) is 5.33. The van der Waals surface area contributed by atoms with Crippen LogP contribution in [-0.2, 0) is 9.53 Å². The topological polar surface area (TPSA) is 26.3 Å². The Labute approximate surface area is 175 Å². The first kappa shape index (κ1) is 23.7. The van der Waals surface area contributed by atoms with Crippen molar-refractivity contribution >= 4 is 5.97 Å². The minimum Gasteiger partial charge on any atom is -0.462 e. The van der Waals surface area contributed by atoms with E-state index in [1.54, 1.807) is 0 Å². The zero-order chi connectivity index (χ0) is 21.5. The summed E-state index contributed by atoms with van der Waals surface area (Å²) in [6, 6.07) is 0. The van der Waals surface area contributed by atoms with Gasteiger partial charge in [0, 0.05) is 0 Å². The second kappa shape index (κ2) is 8.31. The number of hydrogen-bond donors (Lipinski definition) is 0. The molecule has 0 spiro atoms. The number of ether oxygens (including phenoxy) is 1. The van der Waals surface area contributed by atoms with Crippen molar-refractivity contribution in [2.24, 2.45) is 45.8 Å². The maximum atomic E-state index is 13.1. The molecule has 164 valence electrons. The summed E-state index contributed by atoms with van der Waals surface area (Å²) in [6.07, 6.45) is 7.78. The molecule has 0 aliphatic heterocycles. The Balaban J connectivity index is 0.000000500. The summed E-state index contributed by atoms with van der Waals surface area (Å²) < 4.78 is 6.21. The molecule has 6 unspecified atom stereocenters. The molecule has 0 aromatic rings. The van der Waals surface area contributed by atoms with Crippen LogP contribution >= 0.6 is 0 Å². The molecule has 0 radical (unpaired) electrons. The van der Waals surface area contributed by atoms with Crippen LogP contribution in [0.2, 0.25) is 0 Å². The molecular formula is C26H48O2. The number of hydrogen-bond acceptors (Lipinski definition) is 2. The van der Waals surface area contributed by atoms with Crippen LogP contribution in [0, 0.1) is 45.8 Å². The molecule has 0 aromatic heterocycles. The minimum atomic E-state index is -0.391. The van der Waals surface area contributed by atoms with Crippen molar-refractivity contribution in [2.75, 3.05) is 0 Å². The highest BCUT2D eigenvalue weighted by Crippen LogP contribution is 2.60. The molecule has 2 heteroatoms. The molecule has 0 aromatic carbocycles. The Bertz CT molecular complexity index is 530. The van der Waals surface area contributed by atoms with Crippen LogP contribution in [0.3, 0.4) is 0 Å². The number of carbonyl (C=O) groups is 1. The summed E-state index contributed by atoms with van der Waals surface area (Å²) >= 11 is 0. The minimum absolute atomic E-state index is 0.0609. The van der Waals surface area contributed by atoms with E-state index >= 15 is 0 Å². The van der Waals surface area contributed by atoms with Crippen molar-refractivity contribution in [3.05, 3.63) is 0 Å². The number of esters is 1. The van der Waals surface area contributed by atoms with Gasteiger partial charge in [-0.05, 0) is 79.4 Å². The Morgan fingerprint density at radius 1 is 0.893 bits per heavy atom. The van der Waals surface area contributed by atoms with Crippen molar-refractivity contribution in [1.29, 1.82) is 0 Å². The lowest BCUT2D eigenvalue weighted by molar-refractivity contribution is -0.173. The van der Waals surface area contributed by atoms with Crippen molar-refractivity contribution in [3.63, 3.8) is 0 Å². The van der Waals surface area contributed by atoms with Gasteiger partial charge >= 0.3 is 5.97 Å². The summed E-state index contributed by atoms with van der Waals surface area (Å²) in [7, 11) is 0. The highest BCUT2D eigenvalue weighted by Gasteiger charge is 2.56. The van der Waals surface area contributed by atoms with Gasteiger partial charge in [-0.15, -0.1) is 0 Å². The Kier molecular flexibility index (Phi) is 7.04. The molecule has 0 saturated heterocycles. The molecule has 28 heavy (non-hydrogen) atoms. The lowest BCUT2D eigenvalue weighted by Crippen LogP contribution is -2.45. The first-order valence-electron chi connectivity index (χ1n) is 11.8. The van der Waals surface area contributed by atoms with Gasteiger partial charge in [-0.25, -0.2) is 0 Å². The van der Waals surface area contributed by atoms with Gasteiger partial charge in [-0.2, -0.15) is 0 Å². The smallest absolute Gasteiger partial charge is 0.312 e. The molecule has 0 N–H and O–H groups in total. The Morgan fingerprint density at radius 2 is 1.43 bits per heavy atom. The zero-order valence-electron chi connectivity index (χ0n) is 20.5. The largest absolute Gasteiger partial charge is 0.462 e. The fraction of sp³-hybridized carbons (Fsp3) is 0.962. The van der Waals surface area contributed by atoms with Gasteiger partial charge in [0.2, 0.25) is 0 Å². The first-order chi connectivity index (χ1) is 12.6. The van der Waals surface area contributed by atoms with E-state index in [0.717, 1.165) is 30.6 Å². The van der Waals surface area contributed by atoms with Gasteiger partial charge in [0.05, 0.1) is 5.41 Å². The van der Waals surface area contributed by atoms with E-state index in [2.05, 4.69) is 69.2 Å². The molecule has 6 atom stereocenters. The number of carbonyl (C=O) groups excluding carboxylic acids is 1. The predicted octanol–water partition coefficient (Wildman–Crippen LogP) is 7.51.